The average Bonchev–Trinajstić information content (AvgIpc) is 3.27. The molecule has 9 nitrogen and oxygen atoms in total. The molecule has 1 aromatic heterocycles. The number of aromatic amines is 1. The Hall–Kier alpha value is -3.88. The number of nitro benzene ring substituents is 1. The first-order valence-electron chi connectivity index (χ1n) is 7.61. The zero-order chi connectivity index (χ0) is 18.1. The van der Waals surface area contributed by atoms with Crippen LogP contribution in [-0.2, 0) is 0 Å². The molecule has 0 unspecified atom stereocenters. The van der Waals surface area contributed by atoms with Crippen molar-refractivity contribution in [1.29, 1.82) is 0 Å². The summed E-state index contributed by atoms with van der Waals surface area (Å²) in [5, 5.41) is 15.8. The lowest BCUT2D eigenvalue weighted by atomic mass is 10.1. The molecule has 130 valence electrons. The van der Waals surface area contributed by atoms with Gasteiger partial charge in [-0.15, -0.1) is 0 Å². The van der Waals surface area contributed by atoms with Gasteiger partial charge in [0.25, 0.3) is 11.6 Å². The second-order valence-electron chi connectivity index (χ2n) is 5.47. The van der Waals surface area contributed by atoms with Crippen LogP contribution in [0.1, 0.15) is 15.9 Å². The Morgan fingerprint density at radius 2 is 2.04 bits per heavy atom. The van der Waals surface area contributed by atoms with Crippen molar-refractivity contribution in [2.75, 3.05) is 6.79 Å². The van der Waals surface area contributed by atoms with Crippen molar-refractivity contribution in [3.05, 3.63) is 63.8 Å². The minimum Gasteiger partial charge on any atom is -0.454 e. The first kappa shape index (κ1) is 15.6. The Morgan fingerprint density at radius 3 is 2.85 bits per heavy atom. The van der Waals surface area contributed by atoms with Gasteiger partial charge in [-0.2, -0.15) is 5.10 Å². The summed E-state index contributed by atoms with van der Waals surface area (Å²) in [6.45, 7) is 0.00435. The van der Waals surface area contributed by atoms with E-state index in [2.05, 4.69) is 15.5 Å². The molecular formula is C17H12N4O5. The quantitative estimate of drug-likeness (QED) is 0.425. The van der Waals surface area contributed by atoms with E-state index in [4.69, 9.17) is 9.47 Å². The predicted octanol–water partition coefficient (Wildman–Crippen LogP) is 2.57. The van der Waals surface area contributed by atoms with E-state index < -0.39 is 10.8 Å². The van der Waals surface area contributed by atoms with Gasteiger partial charge in [-0.05, 0) is 12.1 Å². The van der Waals surface area contributed by atoms with Crippen LogP contribution < -0.4 is 14.9 Å². The summed E-state index contributed by atoms with van der Waals surface area (Å²) < 4.78 is 10.3. The Balaban J connectivity index is 1.57. The lowest BCUT2D eigenvalue weighted by molar-refractivity contribution is -0.385. The number of nitrogens with one attached hydrogen (secondary N) is 2. The van der Waals surface area contributed by atoms with Crippen LogP contribution in [0.3, 0.4) is 0 Å². The fourth-order valence-corrected chi connectivity index (χ4v) is 2.69. The number of carbonyl (C=O) groups excluding carboxylic acids is 1. The Morgan fingerprint density at radius 1 is 1.27 bits per heavy atom. The third kappa shape index (κ3) is 2.71. The predicted molar refractivity (Wildman–Crippen MR) is 92.6 cm³/mol. The topological polar surface area (TPSA) is 119 Å². The molecule has 0 atom stereocenters. The second-order valence-corrected chi connectivity index (χ2v) is 5.47. The SMILES string of the molecule is O=C(N/N=C\c1cc2c(cc1[N+](=O)[O-])OCO2)c1c[nH]c2ccccc12. The van der Waals surface area contributed by atoms with Crippen molar-refractivity contribution >= 4 is 28.7 Å². The van der Waals surface area contributed by atoms with E-state index in [1.165, 1.54) is 18.3 Å². The van der Waals surface area contributed by atoms with Crippen molar-refractivity contribution < 1.29 is 19.2 Å². The highest BCUT2D eigenvalue weighted by Crippen LogP contribution is 2.37. The smallest absolute Gasteiger partial charge is 0.282 e. The lowest BCUT2D eigenvalue weighted by Crippen LogP contribution is -2.17. The molecule has 0 aliphatic carbocycles. The molecule has 0 saturated carbocycles. The maximum absolute atomic E-state index is 12.3. The van der Waals surface area contributed by atoms with Gasteiger partial charge in [-0.3, -0.25) is 14.9 Å². The number of rotatable bonds is 4. The molecule has 3 aromatic rings. The van der Waals surface area contributed by atoms with Crippen molar-refractivity contribution in [1.82, 2.24) is 10.4 Å². The number of fused-ring (bicyclic) bond motifs is 2. The highest BCUT2D eigenvalue weighted by molar-refractivity contribution is 6.06. The van der Waals surface area contributed by atoms with E-state index in [9.17, 15) is 14.9 Å². The zero-order valence-electron chi connectivity index (χ0n) is 13.3. The van der Waals surface area contributed by atoms with E-state index >= 15 is 0 Å². The number of amides is 1. The normalized spacial score (nSPS) is 12.6. The van der Waals surface area contributed by atoms with Crippen LogP contribution in [0, 0.1) is 10.1 Å². The van der Waals surface area contributed by atoms with E-state index in [1.807, 2.05) is 24.3 Å². The lowest BCUT2D eigenvalue weighted by Gasteiger charge is -2.01. The molecule has 1 amide bonds. The van der Waals surface area contributed by atoms with Gasteiger partial charge >= 0.3 is 0 Å². The molecule has 0 spiro atoms. The number of nitro groups is 1. The Kier molecular flexibility index (Phi) is 3.73. The van der Waals surface area contributed by atoms with Gasteiger partial charge in [0, 0.05) is 17.1 Å². The number of hydrogen-bond acceptors (Lipinski definition) is 6. The fraction of sp³-hybridized carbons (Fsp3) is 0.0588. The Bertz CT molecular complexity index is 1060. The van der Waals surface area contributed by atoms with E-state index in [1.54, 1.807) is 6.20 Å². The molecule has 0 bridgehead atoms. The van der Waals surface area contributed by atoms with E-state index in [0.717, 1.165) is 10.9 Å². The van der Waals surface area contributed by atoms with Gasteiger partial charge in [-0.25, -0.2) is 5.43 Å². The van der Waals surface area contributed by atoms with Crippen molar-refractivity contribution in [2.24, 2.45) is 5.10 Å². The maximum Gasteiger partial charge on any atom is 0.282 e. The van der Waals surface area contributed by atoms with Crippen molar-refractivity contribution in [3.63, 3.8) is 0 Å². The molecule has 26 heavy (non-hydrogen) atoms. The summed E-state index contributed by atoms with van der Waals surface area (Å²) in [7, 11) is 0. The summed E-state index contributed by atoms with van der Waals surface area (Å²) >= 11 is 0. The van der Waals surface area contributed by atoms with Gasteiger partial charge in [0.15, 0.2) is 11.5 Å². The van der Waals surface area contributed by atoms with Gasteiger partial charge < -0.3 is 14.5 Å². The van der Waals surface area contributed by atoms with Gasteiger partial charge in [0.2, 0.25) is 6.79 Å². The summed E-state index contributed by atoms with van der Waals surface area (Å²) in [6.07, 6.45) is 2.78. The molecule has 1 aliphatic rings. The number of hydrogen-bond donors (Lipinski definition) is 2. The third-order valence-corrected chi connectivity index (χ3v) is 3.92. The summed E-state index contributed by atoms with van der Waals surface area (Å²) in [5.41, 5.74) is 3.63. The summed E-state index contributed by atoms with van der Waals surface area (Å²) in [6, 6.07) is 10.1. The van der Waals surface area contributed by atoms with Crippen LogP contribution in [-0.4, -0.2) is 28.8 Å². The molecular weight excluding hydrogens is 340 g/mol. The van der Waals surface area contributed by atoms with Gasteiger partial charge in [0.05, 0.1) is 28.3 Å². The first-order chi connectivity index (χ1) is 12.6. The number of carbonyl (C=O) groups is 1. The third-order valence-electron chi connectivity index (χ3n) is 3.92. The number of hydrazone groups is 1. The van der Waals surface area contributed by atoms with Gasteiger partial charge in [0.1, 0.15) is 0 Å². The van der Waals surface area contributed by atoms with Crippen molar-refractivity contribution in [2.45, 2.75) is 0 Å². The number of H-pyrrole nitrogens is 1. The second kappa shape index (κ2) is 6.20. The first-order valence-corrected chi connectivity index (χ1v) is 7.61. The zero-order valence-corrected chi connectivity index (χ0v) is 13.3. The molecule has 4 rings (SSSR count). The standard InChI is InChI=1S/C17H12N4O5/c22-17(12-8-18-13-4-2-1-3-11(12)13)20-19-7-10-5-15-16(26-9-25-15)6-14(10)21(23)24/h1-8,18H,9H2,(H,20,22)/b19-7-. The summed E-state index contributed by atoms with van der Waals surface area (Å²) in [4.78, 5) is 25.9. The number of benzene rings is 2. The monoisotopic (exact) mass is 352 g/mol. The number of aromatic nitrogens is 1. The Labute approximate surface area is 146 Å². The largest absolute Gasteiger partial charge is 0.454 e. The molecule has 0 saturated heterocycles. The van der Waals surface area contributed by atoms with E-state index in [-0.39, 0.29) is 18.0 Å². The van der Waals surface area contributed by atoms with Crippen LogP contribution in [0.5, 0.6) is 11.5 Å². The molecule has 2 heterocycles. The molecule has 0 fully saturated rings. The van der Waals surface area contributed by atoms with Crippen LogP contribution in [0.15, 0.2) is 47.7 Å². The molecule has 9 heteroatoms. The van der Waals surface area contributed by atoms with Crippen LogP contribution >= 0.6 is 0 Å². The fourth-order valence-electron chi connectivity index (χ4n) is 2.69. The highest BCUT2D eigenvalue weighted by Gasteiger charge is 2.22. The average molecular weight is 352 g/mol. The molecule has 2 aromatic carbocycles. The number of nitrogens with zero attached hydrogens (tertiary/aromatic N) is 2. The number of ether oxygens (including phenoxy) is 2. The maximum atomic E-state index is 12.3. The highest BCUT2D eigenvalue weighted by atomic mass is 16.7. The van der Waals surface area contributed by atoms with Crippen LogP contribution in [0.2, 0.25) is 0 Å². The van der Waals surface area contributed by atoms with Crippen molar-refractivity contribution in [3.8, 4) is 11.5 Å². The minimum atomic E-state index is -0.551. The van der Waals surface area contributed by atoms with E-state index in [0.29, 0.717) is 17.1 Å². The molecule has 2 N–H and O–H groups in total. The minimum absolute atomic E-state index is 0.00435. The molecule has 0 radical (unpaired) electrons. The van der Waals surface area contributed by atoms with Gasteiger partial charge in [-0.1, -0.05) is 18.2 Å². The summed E-state index contributed by atoms with van der Waals surface area (Å²) in [5.74, 6) is 0.263. The van der Waals surface area contributed by atoms with Crippen LogP contribution in [0.25, 0.3) is 10.9 Å². The molecule has 1 aliphatic heterocycles. The van der Waals surface area contributed by atoms with Crippen LogP contribution in [0.4, 0.5) is 5.69 Å². The number of para-hydroxylation sites is 1.